The summed E-state index contributed by atoms with van der Waals surface area (Å²) in [6, 6.07) is 18.4. The van der Waals surface area contributed by atoms with E-state index in [4.69, 9.17) is 0 Å². The second-order valence-electron chi connectivity index (χ2n) is 10.6. The normalized spacial score (nSPS) is 28.3. The van der Waals surface area contributed by atoms with E-state index < -0.39 is 0 Å². The van der Waals surface area contributed by atoms with Gasteiger partial charge >= 0.3 is 0 Å². The highest BCUT2D eigenvalue weighted by Crippen LogP contribution is 2.46. The van der Waals surface area contributed by atoms with Gasteiger partial charge in [0, 0.05) is 55.8 Å². The highest BCUT2D eigenvalue weighted by atomic mass is 16.1. The summed E-state index contributed by atoms with van der Waals surface area (Å²) in [7, 11) is 1.74. The van der Waals surface area contributed by atoms with Crippen LogP contribution in [-0.2, 0) is 22.2 Å². The van der Waals surface area contributed by atoms with Gasteiger partial charge in [-0.15, -0.1) is 0 Å². The number of anilines is 1. The molecule has 32 heavy (non-hydrogen) atoms. The SMILES string of the molecule is CNC(=O)CC1(C)CN(C2CCN(C3(C)CCCc4ccccc43)CC2)c2ccccc21. The quantitative estimate of drug-likeness (QED) is 0.767. The van der Waals surface area contributed by atoms with E-state index in [9.17, 15) is 4.79 Å². The smallest absolute Gasteiger partial charge is 0.220 e. The van der Waals surface area contributed by atoms with Crippen LogP contribution in [0.5, 0.6) is 0 Å². The monoisotopic (exact) mass is 431 g/mol. The molecule has 5 rings (SSSR count). The first-order chi connectivity index (χ1) is 15.4. The van der Waals surface area contributed by atoms with Gasteiger partial charge in [-0.25, -0.2) is 0 Å². The lowest BCUT2D eigenvalue weighted by Crippen LogP contribution is -2.53. The summed E-state index contributed by atoms with van der Waals surface area (Å²) < 4.78 is 0. The number of carbonyl (C=O) groups excluding carboxylic acids is 1. The first-order valence-electron chi connectivity index (χ1n) is 12.3. The zero-order chi connectivity index (χ0) is 22.3. The third-order valence-electron chi connectivity index (χ3n) is 8.52. The molecule has 2 heterocycles. The zero-order valence-corrected chi connectivity index (χ0v) is 19.9. The summed E-state index contributed by atoms with van der Waals surface area (Å²) in [6.45, 7) is 7.94. The first kappa shape index (κ1) is 21.5. The van der Waals surface area contributed by atoms with Crippen LogP contribution in [0.3, 0.4) is 0 Å². The first-order valence-corrected chi connectivity index (χ1v) is 12.3. The number of amides is 1. The predicted octanol–water partition coefficient (Wildman–Crippen LogP) is 4.62. The van der Waals surface area contributed by atoms with Crippen LogP contribution in [0.15, 0.2) is 48.5 Å². The molecule has 0 aromatic heterocycles. The molecule has 2 aromatic rings. The Bertz CT molecular complexity index is 996. The van der Waals surface area contributed by atoms with Crippen molar-refractivity contribution in [2.24, 2.45) is 0 Å². The van der Waals surface area contributed by atoms with E-state index in [-0.39, 0.29) is 16.9 Å². The molecule has 2 unspecified atom stereocenters. The van der Waals surface area contributed by atoms with Crippen LogP contribution in [0.2, 0.25) is 0 Å². The Hall–Kier alpha value is -2.33. The second-order valence-corrected chi connectivity index (χ2v) is 10.6. The molecule has 0 radical (unpaired) electrons. The van der Waals surface area contributed by atoms with E-state index in [1.54, 1.807) is 18.2 Å². The highest BCUT2D eigenvalue weighted by molar-refractivity contribution is 5.79. The number of fused-ring (bicyclic) bond motifs is 2. The summed E-state index contributed by atoms with van der Waals surface area (Å²) >= 11 is 0. The molecule has 2 aromatic carbocycles. The number of rotatable bonds is 4. The number of hydrogen-bond acceptors (Lipinski definition) is 3. The molecule has 0 spiro atoms. The van der Waals surface area contributed by atoms with Gasteiger partial charge in [0.1, 0.15) is 0 Å². The van der Waals surface area contributed by atoms with E-state index in [0.29, 0.717) is 12.5 Å². The maximum Gasteiger partial charge on any atom is 0.220 e. The molecule has 170 valence electrons. The number of aryl methyl sites for hydroxylation is 1. The largest absolute Gasteiger partial charge is 0.367 e. The summed E-state index contributed by atoms with van der Waals surface area (Å²) in [4.78, 5) is 17.7. The lowest BCUT2D eigenvalue weighted by molar-refractivity contribution is -0.121. The summed E-state index contributed by atoms with van der Waals surface area (Å²) in [6.07, 6.45) is 6.67. The molecule has 0 bridgehead atoms. The number of likely N-dealkylation sites (tertiary alicyclic amines) is 1. The van der Waals surface area contributed by atoms with Crippen molar-refractivity contribution in [3.8, 4) is 0 Å². The van der Waals surface area contributed by atoms with Crippen molar-refractivity contribution >= 4 is 11.6 Å². The van der Waals surface area contributed by atoms with E-state index in [0.717, 1.165) is 19.6 Å². The van der Waals surface area contributed by atoms with Crippen LogP contribution >= 0.6 is 0 Å². The molecular weight excluding hydrogens is 394 g/mol. The number of para-hydroxylation sites is 1. The van der Waals surface area contributed by atoms with E-state index in [1.807, 2.05) is 0 Å². The maximum atomic E-state index is 12.3. The molecule has 0 saturated carbocycles. The predicted molar refractivity (Wildman–Crippen MR) is 131 cm³/mol. The van der Waals surface area contributed by atoms with Crippen molar-refractivity contribution in [3.63, 3.8) is 0 Å². The standard InChI is InChI=1S/C28H37N3O/c1-27(19-26(32)29-3)20-31(25-13-7-6-12-24(25)27)22-14-17-30(18-15-22)28(2)16-8-10-21-9-4-5-11-23(21)28/h4-7,9,11-13,22H,8,10,14-20H2,1-3H3,(H,29,32). The molecule has 1 amide bonds. The van der Waals surface area contributed by atoms with Crippen LogP contribution in [0.4, 0.5) is 5.69 Å². The van der Waals surface area contributed by atoms with Gasteiger partial charge < -0.3 is 10.2 Å². The molecular formula is C28H37N3O. The fraction of sp³-hybridized carbons (Fsp3) is 0.536. The molecule has 2 atom stereocenters. The number of piperidine rings is 1. The maximum absolute atomic E-state index is 12.3. The Balaban J connectivity index is 1.34. The van der Waals surface area contributed by atoms with Crippen LogP contribution < -0.4 is 10.2 Å². The summed E-state index contributed by atoms with van der Waals surface area (Å²) in [5.74, 6) is 0.128. The van der Waals surface area contributed by atoms with Crippen LogP contribution in [0.25, 0.3) is 0 Å². The fourth-order valence-electron chi connectivity index (χ4n) is 6.72. The molecule has 1 saturated heterocycles. The number of hydrogen-bond donors (Lipinski definition) is 1. The van der Waals surface area contributed by atoms with Crippen LogP contribution in [0, 0.1) is 0 Å². The molecule has 1 N–H and O–H groups in total. The summed E-state index contributed by atoms with van der Waals surface area (Å²) in [5, 5.41) is 2.83. The minimum Gasteiger partial charge on any atom is -0.367 e. The van der Waals surface area contributed by atoms with Gasteiger partial charge in [0.2, 0.25) is 5.91 Å². The average molecular weight is 432 g/mol. The minimum atomic E-state index is -0.123. The highest BCUT2D eigenvalue weighted by Gasteiger charge is 2.44. The van der Waals surface area contributed by atoms with Crippen molar-refractivity contribution in [2.45, 2.75) is 69.4 Å². The Morgan fingerprint density at radius 1 is 1.03 bits per heavy atom. The number of benzene rings is 2. The zero-order valence-electron chi connectivity index (χ0n) is 19.9. The van der Waals surface area contributed by atoms with Crippen LogP contribution in [0.1, 0.15) is 62.6 Å². The van der Waals surface area contributed by atoms with Gasteiger partial charge in [-0.05, 0) is 61.8 Å². The second kappa shape index (κ2) is 8.22. The van der Waals surface area contributed by atoms with Crippen molar-refractivity contribution in [1.29, 1.82) is 0 Å². The lowest BCUT2D eigenvalue weighted by Gasteiger charge is -2.49. The number of nitrogens with zero attached hydrogens (tertiary/aromatic N) is 2. The van der Waals surface area contributed by atoms with Gasteiger partial charge in [0.15, 0.2) is 0 Å². The van der Waals surface area contributed by atoms with E-state index in [2.05, 4.69) is 77.5 Å². The van der Waals surface area contributed by atoms with Gasteiger partial charge in [-0.2, -0.15) is 0 Å². The molecule has 1 aliphatic carbocycles. The van der Waals surface area contributed by atoms with Gasteiger partial charge in [-0.1, -0.05) is 49.4 Å². The van der Waals surface area contributed by atoms with Gasteiger partial charge in [0.05, 0.1) is 0 Å². The Kier molecular flexibility index (Phi) is 5.53. The minimum absolute atomic E-state index is 0.123. The fourth-order valence-corrected chi connectivity index (χ4v) is 6.72. The number of carbonyl (C=O) groups is 1. The van der Waals surface area contributed by atoms with Gasteiger partial charge in [0.25, 0.3) is 0 Å². The molecule has 4 heteroatoms. The average Bonchev–Trinajstić information content (AvgIpc) is 3.12. The molecule has 4 nitrogen and oxygen atoms in total. The third kappa shape index (κ3) is 3.53. The topological polar surface area (TPSA) is 35.6 Å². The Morgan fingerprint density at radius 3 is 2.47 bits per heavy atom. The van der Waals surface area contributed by atoms with Crippen LogP contribution in [-0.4, -0.2) is 43.5 Å². The van der Waals surface area contributed by atoms with E-state index in [1.165, 1.54) is 43.4 Å². The van der Waals surface area contributed by atoms with Crippen molar-refractivity contribution in [1.82, 2.24) is 10.2 Å². The van der Waals surface area contributed by atoms with E-state index >= 15 is 0 Å². The Morgan fingerprint density at radius 2 is 1.72 bits per heavy atom. The van der Waals surface area contributed by atoms with Crippen molar-refractivity contribution in [3.05, 3.63) is 65.2 Å². The summed E-state index contributed by atoms with van der Waals surface area (Å²) in [5.41, 5.74) is 5.81. The third-order valence-corrected chi connectivity index (χ3v) is 8.52. The lowest BCUT2D eigenvalue weighted by atomic mass is 9.75. The van der Waals surface area contributed by atoms with Crippen molar-refractivity contribution < 1.29 is 4.79 Å². The number of nitrogens with one attached hydrogen (secondary N) is 1. The molecule has 1 fully saturated rings. The Labute approximate surface area is 193 Å². The van der Waals surface area contributed by atoms with Crippen molar-refractivity contribution in [2.75, 3.05) is 31.6 Å². The van der Waals surface area contributed by atoms with Gasteiger partial charge in [-0.3, -0.25) is 9.69 Å². The molecule has 3 aliphatic rings. The molecule has 2 aliphatic heterocycles.